The normalized spacial score (nSPS) is 27.4. The maximum Gasteiger partial charge on any atom is 0.238 e. The first-order chi connectivity index (χ1) is 15.4. The fourth-order valence-corrected chi connectivity index (χ4v) is 5.19. The molecule has 8 nitrogen and oxygen atoms in total. The molecule has 1 aromatic carbocycles. The van der Waals surface area contributed by atoms with Crippen LogP contribution in [-0.4, -0.2) is 73.4 Å². The summed E-state index contributed by atoms with van der Waals surface area (Å²) in [6.45, 7) is 0.139. The van der Waals surface area contributed by atoms with Crippen molar-refractivity contribution in [3.05, 3.63) is 23.8 Å². The van der Waals surface area contributed by atoms with Gasteiger partial charge in [0.1, 0.15) is 18.0 Å². The highest BCUT2D eigenvalue weighted by Gasteiger charge is 2.46. The first kappa shape index (κ1) is 23.0. The minimum absolute atomic E-state index is 0.00841. The number of nitrogens with zero attached hydrogens (tertiary/aromatic N) is 1. The fourth-order valence-electron chi connectivity index (χ4n) is 5.19. The summed E-state index contributed by atoms with van der Waals surface area (Å²) in [5, 5.41) is 16.0. The zero-order valence-electron chi connectivity index (χ0n) is 19.0. The van der Waals surface area contributed by atoms with E-state index in [1.54, 1.807) is 0 Å². The molecule has 0 bridgehead atoms. The second-order valence-corrected chi connectivity index (χ2v) is 9.55. The zero-order chi connectivity index (χ0) is 22.7. The molecule has 0 unspecified atom stereocenters. The van der Waals surface area contributed by atoms with E-state index in [-0.39, 0.29) is 49.0 Å². The Bertz CT molecular complexity index is 824. The molecule has 4 atom stereocenters. The average molecular weight is 446 g/mol. The Labute approximate surface area is 189 Å². The summed E-state index contributed by atoms with van der Waals surface area (Å²) in [7, 11) is 3.70. The Kier molecular flexibility index (Phi) is 7.33. The van der Waals surface area contributed by atoms with Crippen LogP contribution >= 0.6 is 0 Å². The van der Waals surface area contributed by atoms with Gasteiger partial charge in [-0.25, -0.2) is 0 Å². The minimum atomic E-state index is -0.486. The van der Waals surface area contributed by atoms with Gasteiger partial charge in [-0.15, -0.1) is 0 Å². The van der Waals surface area contributed by atoms with Crippen molar-refractivity contribution < 1.29 is 24.2 Å². The van der Waals surface area contributed by atoms with Crippen molar-refractivity contribution in [2.45, 2.75) is 75.2 Å². The highest BCUT2D eigenvalue weighted by Crippen LogP contribution is 2.47. The maximum atomic E-state index is 12.6. The number of nitrogens with one attached hydrogen (secondary N) is 2. The number of fused-ring (bicyclic) bond motifs is 3. The second kappa shape index (κ2) is 10.2. The van der Waals surface area contributed by atoms with Crippen LogP contribution in [0.5, 0.6) is 5.75 Å². The standard InChI is InChI=1S/C24H35N3O5/c1-27(2)13-23(30)26-16-8-9-20-18(10-16)19-11-17(31-21(14-28)24(19)32-20)12-22(29)25-15-6-4-3-5-7-15/h8-10,15,17,19,21,24,28H,3-7,11-14H2,1-2H3,(H,25,29)(H,26,30)/t17-,19+,21+,24-/m0/s1. The number of amides is 2. The predicted octanol–water partition coefficient (Wildman–Crippen LogP) is 2.02. The summed E-state index contributed by atoms with van der Waals surface area (Å²) in [4.78, 5) is 26.6. The van der Waals surface area contributed by atoms with Gasteiger partial charge < -0.3 is 30.1 Å². The monoisotopic (exact) mass is 445 g/mol. The van der Waals surface area contributed by atoms with Gasteiger partial charge in [-0.1, -0.05) is 19.3 Å². The van der Waals surface area contributed by atoms with Gasteiger partial charge in [-0.2, -0.15) is 0 Å². The van der Waals surface area contributed by atoms with E-state index in [0.717, 1.165) is 29.8 Å². The van der Waals surface area contributed by atoms with Crippen LogP contribution in [0.2, 0.25) is 0 Å². The van der Waals surface area contributed by atoms with Crippen molar-refractivity contribution >= 4 is 17.5 Å². The number of aliphatic hydroxyl groups is 1. The number of ether oxygens (including phenoxy) is 2. The first-order valence-electron chi connectivity index (χ1n) is 11.7. The van der Waals surface area contributed by atoms with Gasteiger partial charge >= 0.3 is 0 Å². The van der Waals surface area contributed by atoms with E-state index in [4.69, 9.17) is 9.47 Å². The summed E-state index contributed by atoms with van der Waals surface area (Å²) in [6, 6.07) is 5.91. The molecule has 0 radical (unpaired) electrons. The van der Waals surface area contributed by atoms with Crippen LogP contribution in [0.3, 0.4) is 0 Å². The third-order valence-corrected chi connectivity index (χ3v) is 6.63. The summed E-state index contributed by atoms with van der Waals surface area (Å²) in [6.07, 6.45) is 5.54. The quantitative estimate of drug-likeness (QED) is 0.594. The lowest BCUT2D eigenvalue weighted by molar-refractivity contribution is -0.142. The second-order valence-electron chi connectivity index (χ2n) is 9.55. The molecule has 1 aliphatic carbocycles. The SMILES string of the molecule is CN(C)CC(=O)Nc1ccc2c(c1)[C@H]1C[C@@H](CC(=O)NC3CCCCC3)O[C@H](CO)[C@H]1O2. The van der Waals surface area contributed by atoms with E-state index in [9.17, 15) is 14.7 Å². The van der Waals surface area contributed by atoms with Crippen LogP contribution < -0.4 is 15.4 Å². The van der Waals surface area contributed by atoms with E-state index < -0.39 is 6.10 Å². The Morgan fingerprint density at radius 3 is 2.66 bits per heavy atom. The minimum Gasteiger partial charge on any atom is -0.487 e. The number of carbonyl (C=O) groups excluding carboxylic acids is 2. The molecule has 176 valence electrons. The number of carbonyl (C=O) groups is 2. The highest BCUT2D eigenvalue weighted by molar-refractivity contribution is 5.92. The van der Waals surface area contributed by atoms with Gasteiger partial charge in [-0.05, 0) is 51.6 Å². The number of aliphatic hydroxyl groups excluding tert-OH is 1. The molecule has 2 amide bonds. The molecule has 32 heavy (non-hydrogen) atoms. The number of hydrogen-bond acceptors (Lipinski definition) is 6. The molecule has 0 aromatic heterocycles. The van der Waals surface area contributed by atoms with Crippen molar-refractivity contribution in [1.29, 1.82) is 0 Å². The molecular weight excluding hydrogens is 410 g/mol. The van der Waals surface area contributed by atoms with Crippen molar-refractivity contribution in [2.24, 2.45) is 0 Å². The number of hydrogen-bond donors (Lipinski definition) is 3. The van der Waals surface area contributed by atoms with E-state index in [0.29, 0.717) is 13.0 Å². The fraction of sp³-hybridized carbons (Fsp3) is 0.667. The van der Waals surface area contributed by atoms with Crippen molar-refractivity contribution in [2.75, 3.05) is 32.6 Å². The van der Waals surface area contributed by atoms with Crippen molar-refractivity contribution in [3.63, 3.8) is 0 Å². The molecule has 1 saturated heterocycles. The van der Waals surface area contributed by atoms with E-state index in [2.05, 4.69) is 10.6 Å². The van der Waals surface area contributed by atoms with E-state index in [1.165, 1.54) is 19.3 Å². The number of anilines is 1. The van der Waals surface area contributed by atoms with Crippen LogP contribution in [0.25, 0.3) is 0 Å². The van der Waals surface area contributed by atoms with Crippen LogP contribution in [0.15, 0.2) is 18.2 Å². The van der Waals surface area contributed by atoms with E-state index >= 15 is 0 Å². The Hall–Kier alpha value is -2.16. The third kappa shape index (κ3) is 5.42. The van der Waals surface area contributed by atoms with Crippen molar-refractivity contribution in [3.8, 4) is 5.75 Å². The topological polar surface area (TPSA) is 100 Å². The Balaban J connectivity index is 1.43. The van der Waals surface area contributed by atoms with Crippen LogP contribution in [0, 0.1) is 0 Å². The first-order valence-corrected chi connectivity index (χ1v) is 11.7. The molecule has 0 spiro atoms. The number of rotatable bonds is 7. The molecule has 1 saturated carbocycles. The molecular formula is C24H35N3O5. The molecule has 2 fully saturated rings. The summed E-state index contributed by atoms with van der Waals surface area (Å²) in [5.74, 6) is 0.692. The number of benzene rings is 1. The summed E-state index contributed by atoms with van der Waals surface area (Å²) in [5.41, 5.74) is 1.72. The lowest BCUT2D eigenvalue weighted by Gasteiger charge is -2.37. The van der Waals surface area contributed by atoms with Gasteiger partial charge in [0.2, 0.25) is 11.8 Å². The molecule has 2 aliphatic heterocycles. The predicted molar refractivity (Wildman–Crippen MR) is 121 cm³/mol. The van der Waals surface area contributed by atoms with Gasteiger partial charge in [0.15, 0.2) is 0 Å². The lowest BCUT2D eigenvalue weighted by atomic mass is 9.84. The van der Waals surface area contributed by atoms with Crippen LogP contribution in [0.4, 0.5) is 5.69 Å². The van der Waals surface area contributed by atoms with Gasteiger partial charge in [-0.3, -0.25) is 9.59 Å². The van der Waals surface area contributed by atoms with E-state index in [1.807, 2.05) is 37.2 Å². The molecule has 4 rings (SSSR count). The molecule has 3 aliphatic rings. The third-order valence-electron chi connectivity index (χ3n) is 6.63. The molecule has 8 heteroatoms. The number of likely N-dealkylation sites (N-methyl/N-ethyl adjacent to an activating group) is 1. The average Bonchev–Trinajstić information content (AvgIpc) is 3.11. The zero-order valence-corrected chi connectivity index (χ0v) is 19.0. The largest absolute Gasteiger partial charge is 0.487 e. The van der Waals surface area contributed by atoms with Gasteiger partial charge in [0, 0.05) is 23.2 Å². The molecule has 3 N–H and O–H groups in total. The Morgan fingerprint density at radius 2 is 1.94 bits per heavy atom. The lowest BCUT2D eigenvalue weighted by Crippen LogP contribution is -2.48. The maximum absolute atomic E-state index is 12.6. The van der Waals surface area contributed by atoms with Crippen molar-refractivity contribution in [1.82, 2.24) is 10.2 Å². The summed E-state index contributed by atoms with van der Waals surface area (Å²) >= 11 is 0. The molecule has 1 aromatic rings. The van der Waals surface area contributed by atoms with Crippen LogP contribution in [-0.2, 0) is 14.3 Å². The molecule has 2 heterocycles. The van der Waals surface area contributed by atoms with Gasteiger partial charge in [0.05, 0.1) is 25.7 Å². The van der Waals surface area contributed by atoms with Crippen LogP contribution in [0.1, 0.15) is 56.4 Å². The highest BCUT2D eigenvalue weighted by atomic mass is 16.6. The smallest absolute Gasteiger partial charge is 0.238 e. The Morgan fingerprint density at radius 1 is 1.16 bits per heavy atom. The van der Waals surface area contributed by atoms with Gasteiger partial charge in [0.25, 0.3) is 0 Å². The summed E-state index contributed by atoms with van der Waals surface area (Å²) < 4.78 is 12.2.